The number of hydrogen-bond donors (Lipinski definition) is 2. The van der Waals surface area contributed by atoms with Gasteiger partial charge in [-0.1, -0.05) is 25.1 Å². The number of nitrogen functional groups attached to an aromatic ring is 1. The van der Waals surface area contributed by atoms with Crippen LogP contribution in [0, 0.1) is 0 Å². The van der Waals surface area contributed by atoms with E-state index in [0.717, 1.165) is 40.5 Å². The lowest BCUT2D eigenvalue weighted by Crippen LogP contribution is -2.37. The number of nitrogens with zero attached hydrogens (tertiary/aromatic N) is 1. The quantitative estimate of drug-likeness (QED) is 0.518. The molecule has 1 unspecified atom stereocenters. The summed E-state index contributed by atoms with van der Waals surface area (Å²) in [7, 11) is 0. The van der Waals surface area contributed by atoms with Crippen LogP contribution in [0.5, 0.6) is 0 Å². The minimum atomic E-state index is -0.189. The number of thiophene rings is 1. The Morgan fingerprint density at radius 3 is 3.05 bits per heavy atom. The van der Waals surface area contributed by atoms with Crippen LogP contribution >= 0.6 is 23.1 Å². The number of nitrogens with one attached hydrogen (secondary N) is 1. The molecule has 6 heteroatoms. The summed E-state index contributed by atoms with van der Waals surface area (Å²) >= 11 is 3.54. The first kappa shape index (κ1) is 14.8. The first-order valence-corrected chi connectivity index (χ1v) is 8.91. The minimum Gasteiger partial charge on any atom is -0.297 e. The van der Waals surface area contributed by atoms with Crippen molar-refractivity contribution in [3.05, 3.63) is 34.7 Å². The first-order valence-electron chi connectivity index (χ1n) is 7.04. The number of carbonyl (C=O) groups is 1. The van der Waals surface area contributed by atoms with Crippen LogP contribution in [0.25, 0.3) is 10.1 Å². The average molecular weight is 321 g/mol. The Morgan fingerprint density at radius 1 is 1.48 bits per heavy atom. The fraction of sp³-hybridized carbons (Fsp3) is 0.400. The summed E-state index contributed by atoms with van der Waals surface area (Å²) in [6.07, 6.45) is 0. The van der Waals surface area contributed by atoms with Gasteiger partial charge >= 0.3 is 0 Å². The molecule has 0 spiro atoms. The van der Waals surface area contributed by atoms with Gasteiger partial charge in [0.05, 0.1) is 4.88 Å². The van der Waals surface area contributed by atoms with E-state index >= 15 is 0 Å². The van der Waals surface area contributed by atoms with Crippen molar-refractivity contribution in [1.29, 1.82) is 0 Å². The third-order valence-electron chi connectivity index (χ3n) is 3.74. The van der Waals surface area contributed by atoms with E-state index in [-0.39, 0.29) is 5.91 Å². The molecular formula is C15H19N3OS2. The van der Waals surface area contributed by atoms with E-state index < -0.39 is 0 Å². The standard InChI is InChI=1S/C15H19N3OS2/c1-10-8-18(6-7-20-10)9-12-11-4-2-3-5-13(11)21-14(12)15(19)17-16/h2-5,10H,6-9,16H2,1H3,(H,17,19). The SMILES string of the molecule is CC1CN(Cc2c(C(=O)NN)sc3ccccc23)CCS1. The van der Waals surface area contributed by atoms with E-state index in [4.69, 9.17) is 5.84 Å². The molecule has 2 aromatic rings. The van der Waals surface area contributed by atoms with Crippen molar-refractivity contribution < 1.29 is 4.79 Å². The van der Waals surface area contributed by atoms with Crippen LogP contribution < -0.4 is 11.3 Å². The molecule has 1 aliphatic rings. The number of fused-ring (bicyclic) bond motifs is 1. The molecule has 0 aliphatic carbocycles. The molecule has 0 radical (unpaired) electrons. The largest absolute Gasteiger partial charge is 0.297 e. The molecule has 4 nitrogen and oxygen atoms in total. The smallest absolute Gasteiger partial charge is 0.275 e. The highest BCUT2D eigenvalue weighted by Crippen LogP contribution is 2.33. The Morgan fingerprint density at radius 2 is 2.29 bits per heavy atom. The number of carbonyl (C=O) groups excluding carboxylic acids is 1. The molecule has 2 heterocycles. The van der Waals surface area contributed by atoms with Gasteiger partial charge in [-0.2, -0.15) is 11.8 Å². The zero-order valence-corrected chi connectivity index (χ0v) is 13.6. The molecule has 0 bridgehead atoms. The predicted octanol–water partition coefficient (Wildman–Crippen LogP) is 2.44. The fourth-order valence-corrected chi connectivity index (χ4v) is 4.96. The van der Waals surface area contributed by atoms with Crippen molar-refractivity contribution in [1.82, 2.24) is 10.3 Å². The second kappa shape index (κ2) is 6.36. The maximum atomic E-state index is 12.1. The monoisotopic (exact) mass is 321 g/mol. The molecule has 1 aromatic carbocycles. The lowest BCUT2D eigenvalue weighted by Gasteiger charge is -2.30. The molecule has 0 saturated carbocycles. The molecule has 3 N–H and O–H groups in total. The summed E-state index contributed by atoms with van der Waals surface area (Å²) in [5.41, 5.74) is 3.39. The highest BCUT2D eigenvalue weighted by molar-refractivity contribution is 7.99. The van der Waals surface area contributed by atoms with E-state index in [0.29, 0.717) is 5.25 Å². The van der Waals surface area contributed by atoms with E-state index in [2.05, 4.69) is 29.4 Å². The molecule has 1 fully saturated rings. The lowest BCUT2D eigenvalue weighted by atomic mass is 10.1. The third kappa shape index (κ3) is 3.08. The van der Waals surface area contributed by atoms with Crippen molar-refractivity contribution in [2.75, 3.05) is 18.8 Å². The second-order valence-electron chi connectivity index (χ2n) is 5.30. The summed E-state index contributed by atoms with van der Waals surface area (Å²) in [6, 6.07) is 8.19. The van der Waals surface area contributed by atoms with Crippen molar-refractivity contribution in [2.45, 2.75) is 18.7 Å². The predicted molar refractivity (Wildman–Crippen MR) is 90.7 cm³/mol. The second-order valence-corrected chi connectivity index (χ2v) is 7.89. The summed E-state index contributed by atoms with van der Waals surface area (Å²) in [4.78, 5) is 15.2. The Kier molecular flexibility index (Phi) is 4.49. The highest BCUT2D eigenvalue weighted by atomic mass is 32.2. The molecule has 1 atom stereocenters. The number of hydrazine groups is 1. The van der Waals surface area contributed by atoms with Crippen molar-refractivity contribution in [3.8, 4) is 0 Å². The van der Waals surface area contributed by atoms with Gasteiger partial charge < -0.3 is 0 Å². The van der Waals surface area contributed by atoms with Crippen LogP contribution in [-0.4, -0.2) is 34.9 Å². The van der Waals surface area contributed by atoms with Crippen molar-refractivity contribution in [2.24, 2.45) is 5.84 Å². The Balaban J connectivity index is 1.96. The van der Waals surface area contributed by atoms with Crippen LogP contribution in [0.4, 0.5) is 0 Å². The lowest BCUT2D eigenvalue weighted by molar-refractivity contribution is 0.0956. The minimum absolute atomic E-state index is 0.189. The molecule has 1 aromatic heterocycles. The van der Waals surface area contributed by atoms with Crippen molar-refractivity contribution >= 4 is 39.1 Å². The van der Waals surface area contributed by atoms with E-state index in [1.807, 2.05) is 23.9 Å². The Labute approximate surface area is 132 Å². The maximum absolute atomic E-state index is 12.1. The first-order chi connectivity index (χ1) is 10.2. The molecule has 1 aliphatic heterocycles. The van der Waals surface area contributed by atoms with Crippen LogP contribution in [-0.2, 0) is 6.54 Å². The van der Waals surface area contributed by atoms with Gasteiger partial charge in [-0.25, -0.2) is 5.84 Å². The Hall–Kier alpha value is -1.08. The number of benzene rings is 1. The van der Waals surface area contributed by atoms with Gasteiger partial charge in [-0.05, 0) is 17.0 Å². The molecule has 3 rings (SSSR count). The number of nitrogens with two attached hydrogens (primary N) is 1. The Bertz CT molecular complexity index is 655. The highest BCUT2D eigenvalue weighted by Gasteiger charge is 2.22. The van der Waals surface area contributed by atoms with Gasteiger partial charge in [0.25, 0.3) is 5.91 Å². The van der Waals surface area contributed by atoms with Crippen LogP contribution in [0.1, 0.15) is 22.2 Å². The number of thioether (sulfide) groups is 1. The van der Waals surface area contributed by atoms with Gasteiger partial charge in [-0.15, -0.1) is 11.3 Å². The maximum Gasteiger partial charge on any atom is 0.275 e. The zero-order chi connectivity index (χ0) is 14.8. The normalized spacial score (nSPS) is 19.8. The van der Waals surface area contributed by atoms with E-state index in [1.54, 1.807) is 0 Å². The molecule has 21 heavy (non-hydrogen) atoms. The zero-order valence-electron chi connectivity index (χ0n) is 12.0. The summed E-state index contributed by atoms with van der Waals surface area (Å²) in [5, 5.41) is 1.82. The van der Waals surface area contributed by atoms with E-state index in [1.165, 1.54) is 16.7 Å². The molecular weight excluding hydrogens is 302 g/mol. The average Bonchev–Trinajstić information content (AvgIpc) is 2.85. The van der Waals surface area contributed by atoms with Gasteiger partial charge in [0.15, 0.2) is 0 Å². The summed E-state index contributed by atoms with van der Waals surface area (Å²) < 4.78 is 1.14. The fourth-order valence-electron chi connectivity index (χ4n) is 2.76. The van der Waals surface area contributed by atoms with Gasteiger partial charge in [-0.3, -0.25) is 15.1 Å². The number of amides is 1. The van der Waals surface area contributed by atoms with Gasteiger partial charge in [0, 0.05) is 35.3 Å². The van der Waals surface area contributed by atoms with Crippen LogP contribution in [0.3, 0.4) is 0 Å². The summed E-state index contributed by atoms with van der Waals surface area (Å²) in [6.45, 7) is 5.22. The van der Waals surface area contributed by atoms with E-state index in [9.17, 15) is 4.79 Å². The number of rotatable bonds is 3. The molecule has 112 valence electrons. The van der Waals surface area contributed by atoms with Crippen LogP contribution in [0.15, 0.2) is 24.3 Å². The van der Waals surface area contributed by atoms with Gasteiger partial charge in [0.1, 0.15) is 0 Å². The number of hydrogen-bond acceptors (Lipinski definition) is 5. The molecule has 1 amide bonds. The third-order valence-corrected chi connectivity index (χ3v) is 6.09. The van der Waals surface area contributed by atoms with Gasteiger partial charge in [0.2, 0.25) is 0 Å². The topological polar surface area (TPSA) is 58.4 Å². The summed E-state index contributed by atoms with van der Waals surface area (Å²) in [5.74, 6) is 6.31. The van der Waals surface area contributed by atoms with Crippen molar-refractivity contribution in [3.63, 3.8) is 0 Å². The van der Waals surface area contributed by atoms with Crippen LogP contribution in [0.2, 0.25) is 0 Å². The molecule has 1 saturated heterocycles.